The van der Waals surface area contributed by atoms with Crippen molar-refractivity contribution in [1.82, 2.24) is 65.4 Å². The fraction of sp³-hybridized carbons (Fsp3) is 0.838. The van der Waals surface area contributed by atoms with Gasteiger partial charge in [-0.1, -0.05) is 110 Å². The van der Waals surface area contributed by atoms with E-state index in [1.807, 2.05) is 60.3 Å². The minimum absolute atomic E-state index is 0.00663. The molecule has 0 aromatic carbocycles. The quantitative estimate of drug-likeness (QED) is 0.0736. The van der Waals surface area contributed by atoms with E-state index in [0.717, 1.165) is 42.3 Å². The first-order valence-corrected chi connectivity index (χ1v) is 37.4. The highest BCUT2D eigenvalue weighted by molar-refractivity contribution is 5.99. The molecule has 28 heteroatoms. The van der Waals surface area contributed by atoms with Crippen molar-refractivity contribution >= 4 is 70.9 Å². The Bertz CT molecular complexity index is 2730. The van der Waals surface area contributed by atoms with E-state index in [2.05, 4.69) is 26.2 Å². The molecule has 12 atom stereocenters. The number of aliphatic hydroxyl groups is 1. The lowest BCUT2D eigenvalue weighted by Crippen LogP contribution is -2.63. The molecule has 0 aliphatic carbocycles. The van der Waals surface area contributed by atoms with Crippen molar-refractivity contribution in [2.75, 3.05) is 116 Å². The first-order chi connectivity index (χ1) is 47.6. The van der Waals surface area contributed by atoms with E-state index in [1.54, 1.807) is 48.7 Å². The van der Waals surface area contributed by atoms with Gasteiger partial charge < -0.3 is 79.9 Å². The minimum atomic E-state index is -1.67. The van der Waals surface area contributed by atoms with E-state index in [4.69, 9.17) is 9.47 Å². The predicted molar refractivity (Wildman–Crippen MR) is 392 cm³/mol. The Hall–Kier alpha value is -6.52. The van der Waals surface area contributed by atoms with Crippen molar-refractivity contribution in [2.24, 2.45) is 41.4 Å². The first-order valence-electron chi connectivity index (χ1n) is 37.4. The third-order valence-electron chi connectivity index (χ3n) is 19.8. The molecule has 2 rings (SSSR count). The lowest BCUT2D eigenvalue weighted by molar-refractivity contribution is -0.157. The zero-order chi connectivity index (χ0) is 77.9. The smallest absolute Gasteiger partial charge is 0.248 e. The number of rotatable bonds is 27. The lowest BCUT2D eigenvalue weighted by Gasteiger charge is -2.41. The van der Waals surface area contributed by atoms with Gasteiger partial charge in [-0.25, -0.2) is 0 Å². The lowest BCUT2D eigenvalue weighted by atomic mass is 9.90. The van der Waals surface area contributed by atoms with E-state index >= 15 is 19.2 Å². The Morgan fingerprint density at radius 3 is 1.50 bits per heavy atom. The van der Waals surface area contributed by atoms with E-state index in [0.29, 0.717) is 45.4 Å². The maximum absolute atomic E-state index is 15.5. The maximum Gasteiger partial charge on any atom is 0.248 e. The average molecular weight is 1450 g/mol. The highest BCUT2D eigenvalue weighted by Crippen LogP contribution is 2.27. The number of methoxy groups -OCH3 is 1. The van der Waals surface area contributed by atoms with Crippen LogP contribution in [0.5, 0.6) is 0 Å². The number of hydrogen-bond donors (Lipinski definition) is 5. The summed E-state index contributed by atoms with van der Waals surface area (Å²) >= 11 is 0. The van der Waals surface area contributed by atoms with Gasteiger partial charge in [0.25, 0.3) is 0 Å². The highest BCUT2D eigenvalue weighted by Gasteiger charge is 2.46. The zero-order valence-electron chi connectivity index (χ0n) is 66.7. The van der Waals surface area contributed by atoms with Gasteiger partial charge in [-0.05, 0) is 126 Å². The van der Waals surface area contributed by atoms with Gasteiger partial charge in [-0.2, -0.15) is 0 Å². The van der Waals surface area contributed by atoms with Gasteiger partial charge in [-0.15, -0.1) is 0 Å². The second kappa shape index (κ2) is 44.3. The number of nitrogens with one attached hydrogen (secondary N) is 4. The molecule has 0 bridgehead atoms. The van der Waals surface area contributed by atoms with Crippen molar-refractivity contribution in [3.63, 3.8) is 0 Å². The summed E-state index contributed by atoms with van der Waals surface area (Å²) in [7, 11) is 11.5. The Morgan fingerprint density at radius 2 is 0.990 bits per heavy atom. The second-order valence-corrected chi connectivity index (χ2v) is 31.1. The molecule has 0 saturated carbocycles. The van der Waals surface area contributed by atoms with Gasteiger partial charge in [0.15, 0.2) is 0 Å². The summed E-state index contributed by atoms with van der Waals surface area (Å²) in [5.41, 5.74) is 0. The number of amides is 12. The number of likely N-dealkylation sites (tertiary alicyclic amines) is 1. The Morgan fingerprint density at radius 1 is 0.510 bits per heavy atom. The average Bonchev–Trinajstić information content (AvgIpc) is 0.855. The molecule has 2 aliphatic rings. The second-order valence-electron chi connectivity index (χ2n) is 31.1. The summed E-state index contributed by atoms with van der Waals surface area (Å²) in [5.74, 6) is -10.2. The van der Waals surface area contributed by atoms with Crippen LogP contribution in [0.3, 0.4) is 0 Å². The topological polar surface area (TPSA) is 321 Å². The molecule has 0 aromatic rings. The molecule has 0 spiro atoms. The van der Waals surface area contributed by atoms with Crippen molar-refractivity contribution in [3.8, 4) is 0 Å². The first kappa shape index (κ1) is 91.6. The van der Waals surface area contributed by atoms with E-state index < -0.39 is 156 Å². The van der Waals surface area contributed by atoms with Crippen LogP contribution in [-0.4, -0.2) is 302 Å². The molecule has 5 N–H and O–H groups in total. The van der Waals surface area contributed by atoms with Crippen molar-refractivity contribution in [2.45, 2.75) is 248 Å². The molecule has 2 saturated heterocycles. The largest absolute Gasteiger partial charge is 0.390 e. The van der Waals surface area contributed by atoms with Crippen LogP contribution in [0.2, 0.25) is 0 Å². The summed E-state index contributed by atoms with van der Waals surface area (Å²) < 4.78 is 10.7. The van der Waals surface area contributed by atoms with E-state index in [9.17, 15) is 43.5 Å². The molecule has 0 aromatic heterocycles. The highest BCUT2D eigenvalue weighted by atomic mass is 16.5. The third kappa shape index (κ3) is 27.8. The SMILES string of the molecule is CC[C@@H]1NC(=O)[C@H]([C@H](O)[C@H](C)CCCCCN(CCN2CCCC2)C(=O)COCCOC)N(C)C(=O)[C@H](C(C)C)N(C)C(=O)[C@H](CC(C)C)N(C)C(=O)[C@H](CC(C)C)N(C)C(=O)[C@@H](C)NC(=O)[C@H](C)NC(=O)[C@H](CC(C)C)N(C)C(=O)[C@H](C(C)C)NC(=O)[C@H](CC(C)C)N(C)C(=O)CN(C)C1=O. The van der Waals surface area contributed by atoms with Crippen LogP contribution >= 0.6 is 0 Å². The van der Waals surface area contributed by atoms with Crippen LogP contribution in [0, 0.1) is 41.4 Å². The standard InChI is InChI=1S/C74H135N13O15/c1-25-54-70(96)79(17)43-59(88)80(18)55(39-45(2)3)67(93)78-61(49(10)11)73(99)81(19)56(40-46(4)5)66(92)75-52(15)65(91)76-53(16)69(95)82(20)57(41-47(6)7)71(97)83(21)58(42-48(8)9)72(98)84(22)62(50(12)13)74(100)85(23)63(68(94)77-54)64(90)51(14)31-27-26-28-34-87(36-35-86-32-29-30-33-86)60(89)44-102-38-37-101-24/h45-58,61-64,90H,25-44H2,1-24H3,(H,75,92)(H,76,91)(H,77,94)(H,78,93)/t51-,52+,53-,54+,55+,56+,57+,58+,61+,62+,63+,64-/m1/s1. The summed E-state index contributed by atoms with van der Waals surface area (Å²) in [6.45, 7) is 31.8. The van der Waals surface area contributed by atoms with Crippen LogP contribution in [-0.2, 0) is 67.0 Å². The number of aliphatic hydroxyl groups excluding tert-OH is 1. The number of unbranched alkanes of at least 4 members (excludes halogenated alkanes) is 2. The number of carbonyl (C=O) groups is 12. The number of carbonyl (C=O) groups excluding carboxylic acids is 12. The maximum atomic E-state index is 15.5. The Labute approximate surface area is 610 Å². The number of likely N-dealkylation sites (N-methyl/N-ethyl adjacent to an activating group) is 7. The van der Waals surface area contributed by atoms with Crippen molar-refractivity contribution in [3.05, 3.63) is 0 Å². The zero-order valence-corrected chi connectivity index (χ0v) is 66.7. The van der Waals surface area contributed by atoms with Crippen molar-refractivity contribution in [1.29, 1.82) is 0 Å². The van der Waals surface area contributed by atoms with Crippen LogP contribution in [0.15, 0.2) is 0 Å². The fourth-order valence-corrected chi connectivity index (χ4v) is 13.3. The van der Waals surface area contributed by atoms with Crippen LogP contribution in [0.1, 0.15) is 181 Å². The molecule has 586 valence electrons. The molecule has 2 fully saturated rings. The molecular weight excluding hydrogens is 1310 g/mol. The minimum Gasteiger partial charge on any atom is -0.390 e. The van der Waals surface area contributed by atoms with E-state index in [-0.39, 0.29) is 74.9 Å². The molecule has 0 unspecified atom stereocenters. The van der Waals surface area contributed by atoms with Gasteiger partial charge in [0.05, 0.1) is 25.9 Å². The molecule has 102 heavy (non-hydrogen) atoms. The third-order valence-corrected chi connectivity index (χ3v) is 19.8. The summed E-state index contributed by atoms with van der Waals surface area (Å²) in [6, 6.07) is -12.6. The van der Waals surface area contributed by atoms with Crippen LogP contribution < -0.4 is 21.3 Å². The van der Waals surface area contributed by atoms with Gasteiger partial charge in [0.1, 0.15) is 67.0 Å². The monoisotopic (exact) mass is 1450 g/mol. The molecule has 2 aliphatic heterocycles. The van der Waals surface area contributed by atoms with Gasteiger partial charge in [0, 0.05) is 76.1 Å². The molecule has 0 radical (unpaired) electrons. The van der Waals surface area contributed by atoms with Gasteiger partial charge >= 0.3 is 0 Å². The van der Waals surface area contributed by atoms with Gasteiger partial charge in [-0.3, -0.25) is 57.5 Å². The summed E-state index contributed by atoms with van der Waals surface area (Å²) in [6.07, 6.45) is 3.41. The van der Waals surface area contributed by atoms with E-state index in [1.165, 1.54) is 87.7 Å². The number of hydrogen-bond acceptors (Lipinski definition) is 16. The molecule has 12 amide bonds. The van der Waals surface area contributed by atoms with Gasteiger partial charge in [0.2, 0.25) is 70.9 Å². The van der Waals surface area contributed by atoms with Crippen LogP contribution in [0.4, 0.5) is 0 Å². The summed E-state index contributed by atoms with van der Waals surface area (Å²) in [5, 5.41) is 23.7. The Balaban J connectivity index is 2.91. The fourth-order valence-electron chi connectivity index (χ4n) is 13.3. The molecule has 2 heterocycles. The van der Waals surface area contributed by atoms with Crippen LogP contribution in [0.25, 0.3) is 0 Å². The Kier molecular flexibility index (Phi) is 39.8. The predicted octanol–water partition coefficient (Wildman–Crippen LogP) is 3.45. The normalized spacial score (nSPS) is 25.2. The van der Waals surface area contributed by atoms with Crippen molar-refractivity contribution < 1.29 is 72.1 Å². The summed E-state index contributed by atoms with van der Waals surface area (Å²) in [4.78, 5) is 189. The molecule has 28 nitrogen and oxygen atoms in total. The number of ether oxygens (including phenoxy) is 2. The molecular formula is C74H135N13O15. The number of nitrogens with zero attached hydrogens (tertiary/aromatic N) is 9.